The van der Waals surface area contributed by atoms with Crippen LogP contribution < -0.4 is 0 Å². The summed E-state index contributed by atoms with van der Waals surface area (Å²) in [7, 11) is -3.79. The van der Waals surface area contributed by atoms with Gasteiger partial charge in [0.15, 0.2) is 9.84 Å². The smallest absolute Gasteiger partial charge is 0.185 e. The van der Waals surface area contributed by atoms with E-state index in [2.05, 4.69) is 6.07 Å². The Kier molecular flexibility index (Phi) is 4.44. The van der Waals surface area contributed by atoms with Crippen LogP contribution in [0.5, 0.6) is 0 Å². The molecular formula is C15H18FNO2S. The molecule has 0 spiro atoms. The summed E-state index contributed by atoms with van der Waals surface area (Å²) in [4.78, 5) is -0.276. The fourth-order valence-corrected chi connectivity index (χ4v) is 5.00. The zero-order valence-corrected chi connectivity index (χ0v) is 12.2. The minimum absolute atomic E-state index is 0.276. The largest absolute Gasteiger partial charge is 0.223 e. The number of halogens is 1. The molecule has 20 heavy (non-hydrogen) atoms. The zero-order chi connectivity index (χ0) is 14.8. The molecule has 0 aliphatic heterocycles. The molecule has 0 aromatic heterocycles. The first-order valence-corrected chi connectivity index (χ1v) is 8.43. The molecule has 1 fully saturated rings. The zero-order valence-electron chi connectivity index (χ0n) is 11.4. The Labute approximate surface area is 119 Å². The van der Waals surface area contributed by atoms with Crippen molar-refractivity contribution in [3.63, 3.8) is 0 Å². The van der Waals surface area contributed by atoms with Gasteiger partial charge in [-0.25, -0.2) is 12.8 Å². The van der Waals surface area contributed by atoms with E-state index in [1.165, 1.54) is 18.2 Å². The Morgan fingerprint density at radius 1 is 1.35 bits per heavy atom. The Morgan fingerprint density at radius 3 is 2.65 bits per heavy atom. The fourth-order valence-electron chi connectivity index (χ4n) is 2.91. The van der Waals surface area contributed by atoms with Crippen molar-refractivity contribution in [1.29, 1.82) is 5.26 Å². The summed E-state index contributed by atoms with van der Waals surface area (Å²) in [5.74, 6) is -0.976. The highest BCUT2D eigenvalue weighted by Crippen LogP contribution is 2.37. The van der Waals surface area contributed by atoms with Crippen LogP contribution in [-0.4, -0.2) is 13.7 Å². The summed E-state index contributed by atoms with van der Waals surface area (Å²) in [5.41, 5.74) is 0. The molecule has 0 radical (unpaired) electrons. The van der Waals surface area contributed by atoms with Gasteiger partial charge in [-0.05, 0) is 37.3 Å². The van der Waals surface area contributed by atoms with Crippen molar-refractivity contribution in [3.8, 4) is 6.07 Å². The van der Waals surface area contributed by atoms with E-state index in [4.69, 9.17) is 0 Å². The SMILES string of the molecule is CCC1CCC(C#N)C(S(=O)(=O)c2ccccc2F)C1. The lowest BCUT2D eigenvalue weighted by Crippen LogP contribution is -2.35. The topological polar surface area (TPSA) is 57.9 Å². The minimum atomic E-state index is -3.79. The van der Waals surface area contributed by atoms with Crippen LogP contribution in [0.2, 0.25) is 0 Å². The van der Waals surface area contributed by atoms with E-state index >= 15 is 0 Å². The molecule has 3 atom stereocenters. The van der Waals surface area contributed by atoms with Gasteiger partial charge in [0.05, 0.1) is 17.2 Å². The Morgan fingerprint density at radius 2 is 2.05 bits per heavy atom. The highest BCUT2D eigenvalue weighted by atomic mass is 32.2. The van der Waals surface area contributed by atoms with Gasteiger partial charge in [-0.1, -0.05) is 25.5 Å². The Bertz CT molecular complexity index is 621. The van der Waals surface area contributed by atoms with Gasteiger partial charge >= 0.3 is 0 Å². The van der Waals surface area contributed by atoms with Crippen LogP contribution in [0.15, 0.2) is 29.2 Å². The van der Waals surface area contributed by atoms with Crippen molar-refractivity contribution < 1.29 is 12.8 Å². The number of sulfone groups is 1. The standard InChI is InChI=1S/C15H18FNO2S/c1-2-11-7-8-12(10-17)15(9-11)20(18,19)14-6-4-3-5-13(14)16/h3-6,11-12,15H,2,7-9H2,1H3. The summed E-state index contributed by atoms with van der Waals surface area (Å²) in [5, 5.41) is 8.40. The van der Waals surface area contributed by atoms with Crippen LogP contribution in [0.1, 0.15) is 32.6 Å². The molecule has 0 amide bonds. The number of rotatable bonds is 3. The lowest BCUT2D eigenvalue weighted by Gasteiger charge is -2.31. The number of hydrogen-bond acceptors (Lipinski definition) is 3. The summed E-state index contributed by atoms with van der Waals surface area (Å²) in [6.07, 6.45) is 2.79. The molecule has 1 aromatic rings. The van der Waals surface area contributed by atoms with Crippen LogP contribution in [0.25, 0.3) is 0 Å². The molecule has 1 aromatic carbocycles. The summed E-state index contributed by atoms with van der Waals surface area (Å²) in [6, 6.07) is 7.50. The molecule has 3 nitrogen and oxygen atoms in total. The van der Waals surface area contributed by atoms with E-state index in [0.29, 0.717) is 18.8 Å². The minimum Gasteiger partial charge on any atom is -0.223 e. The highest BCUT2D eigenvalue weighted by molar-refractivity contribution is 7.92. The van der Waals surface area contributed by atoms with E-state index in [1.54, 1.807) is 0 Å². The molecule has 2 rings (SSSR count). The van der Waals surface area contributed by atoms with Crippen LogP contribution >= 0.6 is 0 Å². The summed E-state index contributed by atoms with van der Waals surface area (Å²) >= 11 is 0. The lowest BCUT2D eigenvalue weighted by atomic mass is 9.81. The third kappa shape index (κ3) is 2.71. The predicted molar refractivity (Wildman–Crippen MR) is 74.1 cm³/mol. The van der Waals surface area contributed by atoms with E-state index in [1.807, 2.05) is 6.92 Å². The first-order valence-electron chi connectivity index (χ1n) is 6.88. The number of nitrogens with zero attached hydrogens (tertiary/aromatic N) is 1. The number of benzene rings is 1. The first kappa shape index (κ1) is 15.0. The maximum Gasteiger partial charge on any atom is 0.185 e. The molecule has 3 unspecified atom stereocenters. The second kappa shape index (κ2) is 5.92. The van der Waals surface area contributed by atoms with Gasteiger partial charge in [0.25, 0.3) is 0 Å². The lowest BCUT2D eigenvalue weighted by molar-refractivity contribution is 0.308. The molecule has 5 heteroatoms. The third-order valence-electron chi connectivity index (χ3n) is 4.19. The fraction of sp³-hybridized carbons (Fsp3) is 0.533. The molecule has 0 N–H and O–H groups in total. The molecule has 1 aliphatic carbocycles. The van der Waals surface area contributed by atoms with Crippen molar-refractivity contribution in [2.24, 2.45) is 11.8 Å². The second-order valence-electron chi connectivity index (χ2n) is 5.34. The normalized spacial score (nSPS) is 26.9. The van der Waals surface area contributed by atoms with E-state index in [-0.39, 0.29) is 4.90 Å². The van der Waals surface area contributed by atoms with Crippen LogP contribution in [0.3, 0.4) is 0 Å². The number of hydrogen-bond donors (Lipinski definition) is 0. The van der Waals surface area contributed by atoms with Crippen molar-refractivity contribution in [2.45, 2.75) is 42.8 Å². The molecule has 0 bridgehead atoms. The summed E-state index contributed by atoms with van der Waals surface area (Å²) < 4.78 is 39.1. The third-order valence-corrected chi connectivity index (χ3v) is 6.45. The van der Waals surface area contributed by atoms with E-state index in [0.717, 1.165) is 18.9 Å². The highest BCUT2D eigenvalue weighted by Gasteiger charge is 2.40. The van der Waals surface area contributed by atoms with Crippen LogP contribution in [-0.2, 0) is 9.84 Å². The van der Waals surface area contributed by atoms with Gasteiger partial charge in [0.2, 0.25) is 0 Å². The summed E-state index contributed by atoms with van der Waals surface area (Å²) in [6.45, 7) is 2.02. The monoisotopic (exact) mass is 295 g/mol. The first-order chi connectivity index (χ1) is 9.50. The molecule has 108 valence electrons. The van der Waals surface area contributed by atoms with Gasteiger partial charge in [0.1, 0.15) is 10.7 Å². The van der Waals surface area contributed by atoms with Crippen molar-refractivity contribution >= 4 is 9.84 Å². The van der Waals surface area contributed by atoms with Gasteiger partial charge in [-0.2, -0.15) is 5.26 Å². The average molecular weight is 295 g/mol. The molecule has 0 heterocycles. The quantitative estimate of drug-likeness (QED) is 0.859. The molecule has 1 aliphatic rings. The maximum atomic E-state index is 13.8. The van der Waals surface area contributed by atoms with Crippen molar-refractivity contribution in [3.05, 3.63) is 30.1 Å². The van der Waals surface area contributed by atoms with E-state index in [9.17, 15) is 18.1 Å². The van der Waals surface area contributed by atoms with Crippen molar-refractivity contribution in [1.82, 2.24) is 0 Å². The molecule has 1 saturated carbocycles. The Balaban J connectivity index is 2.41. The van der Waals surface area contributed by atoms with E-state index < -0.39 is 26.8 Å². The molecular weight excluding hydrogens is 277 g/mol. The van der Waals surface area contributed by atoms with Gasteiger partial charge in [-0.3, -0.25) is 0 Å². The Hall–Kier alpha value is -1.41. The average Bonchev–Trinajstić information content (AvgIpc) is 2.46. The predicted octanol–water partition coefficient (Wildman–Crippen LogP) is 3.32. The van der Waals surface area contributed by atoms with Gasteiger partial charge < -0.3 is 0 Å². The number of nitriles is 1. The second-order valence-corrected chi connectivity index (χ2v) is 7.47. The van der Waals surface area contributed by atoms with Crippen LogP contribution in [0.4, 0.5) is 4.39 Å². The van der Waals surface area contributed by atoms with Gasteiger partial charge in [-0.15, -0.1) is 0 Å². The van der Waals surface area contributed by atoms with Crippen molar-refractivity contribution in [2.75, 3.05) is 0 Å². The van der Waals surface area contributed by atoms with Crippen LogP contribution in [0, 0.1) is 29.0 Å². The molecule has 0 saturated heterocycles. The van der Waals surface area contributed by atoms with Gasteiger partial charge in [0, 0.05) is 0 Å². The maximum absolute atomic E-state index is 13.8.